The van der Waals surface area contributed by atoms with Crippen LogP contribution >= 0.6 is 0 Å². The Hall–Kier alpha value is -1.64. The maximum absolute atomic E-state index is 6.48. The largest absolute Gasteiger partial charge is 0.364 e. The van der Waals surface area contributed by atoms with Crippen molar-refractivity contribution in [1.82, 2.24) is 5.32 Å². The van der Waals surface area contributed by atoms with E-state index in [0.717, 1.165) is 19.5 Å². The quantitative estimate of drug-likeness (QED) is 0.919. The Morgan fingerprint density at radius 3 is 2.52 bits per heavy atom. The average Bonchev–Trinajstić information content (AvgIpc) is 2.55. The van der Waals surface area contributed by atoms with Gasteiger partial charge in [-0.2, -0.15) is 0 Å². The molecule has 110 valence electrons. The van der Waals surface area contributed by atoms with Crippen LogP contribution in [0.1, 0.15) is 35.6 Å². The van der Waals surface area contributed by atoms with Crippen molar-refractivity contribution < 1.29 is 4.74 Å². The lowest BCUT2D eigenvalue weighted by atomic mass is 9.97. The van der Waals surface area contributed by atoms with Crippen molar-refractivity contribution in [2.45, 2.75) is 32.0 Å². The minimum Gasteiger partial charge on any atom is -0.364 e. The van der Waals surface area contributed by atoms with Crippen molar-refractivity contribution in [3.8, 4) is 0 Å². The molecule has 21 heavy (non-hydrogen) atoms. The smallest absolute Gasteiger partial charge is 0.108 e. The highest BCUT2D eigenvalue weighted by molar-refractivity contribution is 5.35. The maximum atomic E-state index is 6.48. The number of benzene rings is 2. The summed E-state index contributed by atoms with van der Waals surface area (Å²) >= 11 is 0. The van der Waals surface area contributed by atoms with Crippen LogP contribution < -0.4 is 5.32 Å². The summed E-state index contributed by atoms with van der Waals surface area (Å²) in [4.78, 5) is 0. The summed E-state index contributed by atoms with van der Waals surface area (Å²) in [6.07, 6.45) is 2.66. The first kappa shape index (κ1) is 14.3. The van der Waals surface area contributed by atoms with Gasteiger partial charge < -0.3 is 10.1 Å². The molecule has 0 aliphatic carbocycles. The first-order valence-corrected chi connectivity index (χ1v) is 7.81. The number of hydrogen-bond donors (Lipinski definition) is 1. The fourth-order valence-corrected chi connectivity index (χ4v) is 2.97. The van der Waals surface area contributed by atoms with Gasteiger partial charge in [0.15, 0.2) is 0 Å². The summed E-state index contributed by atoms with van der Waals surface area (Å²) in [5.41, 5.74) is 3.79. The van der Waals surface area contributed by atoms with Gasteiger partial charge in [0.2, 0.25) is 0 Å². The molecule has 2 aromatic rings. The summed E-state index contributed by atoms with van der Waals surface area (Å²) in [7, 11) is 0. The van der Waals surface area contributed by atoms with Gasteiger partial charge in [0, 0.05) is 6.54 Å². The third-order valence-electron chi connectivity index (χ3n) is 4.15. The number of aryl methyl sites for hydroxylation is 1. The van der Waals surface area contributed by atoms with E-state index in [0.29, 0.717) is 6.10 Å². The number of piperidine rings is 1. The Morgan fingerprint density at radius 2 is 1.81 bits per heavy atom. The summed E-state index contributed by atoms with van der Waals surface area (Å²) in [5.74, 6) is 0. The Labute approximate surface area is 127 Å². The van der Waals surface area contributed by atoms with Gasteiger partial charge in [0.1, 0.15) is 6.10 Å². The Morgan fingerprint density at radius 1 is 1.05 bits per heavy atom. The zero-order valence-corrected chi connectivity index (χ0v) is 12.6. The summed E-state index contributed by atoms with van der Waals surface area (Å²) in [6.45, 7) is 4.23. The molecule has 2 atom stereocenters. The lowest BCUT2D eigenvalue weighted by molar-refractivity contribution is -0.00453. The van der Waals surface area contributed by atoms with E-state index in [1.807, 2.05) is 0 Å². The van der Waals surface area contributed by atoms with Gasteiger partial charge in [-0.1, -0.05) is 54.6 Å². The van der Waals surface area contributed by atoms with E-state index in [1.54, 1.807) is 0 Å². The second kappa shape index (κ2) is 6.88. The zero-order chi connectivity index (χ0) is 14.5. The van der Waals surface area contributed by atoms with E-state index in [9.17, 15) is 0 Å². The first-order valence-electron chi connectivity index (χ1n) is 7.81. The molecule has 0 saturated carbocycles. The van der Waals surface area contributed by atoms with Crippen molar-refractivity contribution >= 4 is 0 Å². The predicted octanol–water partition coefficient (Wildman–Crippen LogP) is 3.85. The van der Waals surface area contributed by atoms with E-state index in [4.69, 9.17) is 4.74 Å². The van der Waals surface area contributed by atoms with Gasteiger partial charge in [0.05, 0.1) is 6.10 Å². The van der Waals surface area contributed by atoms with Gasteiger partial charge in [-0.05, 0) is 43.0 Å². The monoisotopic (exact) mass is 281 g/mol. The highest BCUT2D eigenvalue weighted by atomic mass is 16.5. The molecule has 0 spiro atoms. The molecule has 3 rings (SSSR count). The molecule has 1 saturated heterocycles. The number of hydrogen-bond acceptors (Lipinski definition) is 2. The van der Waals surface area contributed by atoms with E-state index in [-0.39, 0.29) is 6.10 Å². The fourth-order valence-electron chi connectivity index (χ4n) is 2.97. The predicted molar refractivity (Wildman–Crippen MR) is 86.4 cm³/mol. The topological polar surface area (TPSA) is 21.3 Å². The fraction of sp³-hybridized carbons (Fsp3) is 0.368. The molecule has 1 aliphatic heterocycles. The molecular formula is C19H23NO. The van der Waals surface area contributed by atoms with Gasteiger partial charge >= 0.3 is 0 Å². The van der Waals surface area contributed by atoms with Crippen molar-refractivity contribution in [2.24, 2.45) is 0 Å². The van der Waals surface area contributed by atoms with Crippen molar-refractivity contribution in [2.75, 3.05) is 13.1 Å². The van der Waals surface area contributed by atoms with Crippen molar-refractivity contribution in [3.05, 3.63) is 71.3 Å². The molecule has 0 aromatic heterocycles. The molecule has 0 radical (unpaired) electrons. The Balaban J connectivity index is 1.89. The molecule has 2 aromatic carbocycles. The second-order valence-electron chi connectivity index (χ2n) is 5.75. The molecular weight excluding hydrogens is 258 g/mol. The summed E-state index contributed by atoms with van der Waals surface area (Å²) < 4.78 is 6.48. The molecule has 0 amide bonds. The van der Waals surface area contributed by atoms with Crippen LogP contribution in [0.2, 0.25) is 0 Å². The summed E-state index contributed by atoms with van der Waals surface area (Å²) in [6, 6.07) is 19.1. The number of nitrogens with one attached hydrogen (secondary N) is 1. The minimum absolute atomic E-state index is 0.0253. The lowest BCUT2D eigenvalue weighted by Gasteiger charge is -2.29. The van der Waals surface area contributed by atoms with Gasteiger partial charge in [0.25, 0.3) is 0 Å². The van der Waals surface area contributed by atoms with Crippen LogP contribution in [-0.4, -0.2) is 19.2 Å². The third-order valence-corrected chi connectivity index (χ3v) is 4.15. The number of ether oxygens (including phenoxy) is 1. The SMILES string of the molecule is Cc1ccccc1[C@H](O[C@@H]1CCCNC1)c1ccccc1. The van der Waals surface area contributed by atoms with E-state index in [1.165, 1.54) is 23.1 Å². The van der Waals surface area contributed by atoms with Crippen LogP contribution in [0.5, 0.6) is 0 Å². The van der Waals surface area contributed by atoms with Crippen LogP contribution in [0.4, 0.5) is 0 Å². The minimum atomic E-state index is 0.0253. The van der Waals surface area contributed by atoms with E-state index in [2.05, 4.69) is 66.8 Å². The highest BCUT2D eigenvalue weighted by Crippen LogP contribution is 2.30. The van der Waals surface area contributed by atoms with Crippen molar-refractivity contribution in [3.63, 3.8) is 0 Å². The Bertz CT molecular complexity index is 561. The highest BCUT2D eigenvalue weighted by Gasteiger charge is 2.22. The van der Waals surface area contributed by atoms with Crippen LogP contribution in [-0.2, 0) is 4.74 Å². The number of rotatable bonds is 4. The average molecular weight is 281 g/mol. The third kappa shape index (κ3) is 3.52. The van der Waals surface area contributed by atoms with Gasteiger partial charge in [-0.25, -0.2) is 0 Å². The van der Waals surface area contributed by atoms with Crippen LogP contribution in [0.3, 0.4) is 0 Å². The maximum Gasteiger partial charge on any atom is 0.108 e. The molecule has 1 aliphatic rings. The van der Waals surface area contributed by atoms with Crippen LogP contribution in [0, 0.1) is 6.92 Å². The van der Waals surface area contributed by atoms with Crippen LogP contribution in [0.15, 0.2) is 54.6 Å². The molecule has 0 bridgehead atoms. The van der Waals surface area contributed by atoms with E-state index >= 15 is 0 Å². The molecule has 2 nitrogen and oxygen atoms in total. The van der Waals surface area contributed by atoms with Gasteiger partial charge in [-0.3, -0.25) is 0 Å². The normalized spacial score (nSPS) is 20.1. The molecule has 0 unspecified atom stereocenters. The van der Waals surface area contributed by atoms with Crippen molar-refractivity contribution in [1.29, 1.82) is 0 Å². The summed E-state index contributed by atoms with van der Waals surface area (Å²) in [5, 5.41) is 3.43. The van der Waals surface area contributed by atoms with Crippen LogP contribution in [0.25, 0.3) is 0 Å². The standard InChI is InChI=1S/C19H23NO/c1-15-8-5-6-12-18(15)19(16-9-3-2-4-10-16)21-17-11-7-13-20-14-17/h2-6,8-10,12,17,19-20H,7,11,13-14H2,1H3/t17-,19-/m1/s1. The first-order chi connectivity index (χ1) is 10.3. The van der Waals surface area contributed by atoms with Gasteiger partial charge in [-0.15, -0.1) is 0 Å². The Kier molecular flexibility index (Phi) is 4.69. The molecule has 1 fully saturated rings. The molecule has 1 heterocycles. The zero-order valence-electron chi connectivity index (χ0n) is 12.6. The molecule has 2 heteroatoms. The lowest BCUT2D eigenvalue weighted by Crippen LogP contribution is -2.36. The second-order valence-corrected chi connectivity index (χ2v) is 5.75. The molecule has 1 N–H and O–H groups in total. The van der Waals surface area contributed by atoms with E-state index < -0.39 is 0 Å².